The zero-order valence-corrected chi connectivity index (χ0v) is 16.6. The molecule has 1 heterocycles. The lowest BCUT2D eigenvalue weighted by molar-refractivity contribution is -0.148. The summed E-state index contributed by atoms with van der Waals surface area (Å²) in [5, 5.41) is 2.60. The van der Waals surface area contributed by atoms with Gasteiger partial charge in [-0.3, -0.25) is 14.4 Å². The topological polar surface area (TPSA) is 103 Å². The molecule has 1 aliphatic heterocycles. The molecule has 2 rings (SSSR count). The minimum absolute atomic E-state index is 0.177. The van der Waals surface area contributed by atoms with Crippen LogP contribution in [-0.2, 0) is 14.3 Å². The van der Waals surface area contributed by atoms with Gasteiger partial charge in [-0.1, -0.05) is 0 Å². The van der Waals surface area contributed by atoms with Crippen molar-refractivity contribution < 1.29 is 33.3 Å². The molecule has 1 aromatic rings. The Morgan fingerprint density at radius 2 is 1.71 bits per heavy atom. The molecule has 0 bridgehead atoms. The number of piperidine rings is 1. The van der Waals surface area contributed by atoms with Crippen LogP contribution < -0.4 is 19.5 Å². The van der Waals surface area contributed by atoms with E-state index in [4.69, 9.17) is 18.9 Å². The zero-order chi connectivity index (χ0) is 20.7. The molecule has 154 valence electrons. The third-order valence-electron chi connectivity index (χ3n) is 4.64. The predicted octanol–water partition coefficient (Wildman–Crippen LogP) is 0.854. The molecule has 1 saturated heterocycles. The molecule has 1 fully saturated rings. The number of nitrogens with zero attached hydrogens (tertiary/aromatic N) is 1. The van der Waals surface area contributed by atoms with Crippen LogP contribution in [0.4, 0.5) is 0 Å². The molecular formula is C19H26N2O7. The van der Waals surface area contributed by atoms with Crippen LogP contribution in [0.1, 0.15) is 23.2 Å². The van der Waals surface area contributed by atoms with E-state index in [0.29, 0.717) is 43.2 Å². The Morgan fingerprint density at radius 3 is 2.25 bits per heavy atom. The molecule has 9 nitrogen and oxygen atoms in total. The maximum atomic E-state index is 12.5. The van der Waals surface area contributed by atoms with Gasteiger partial charge in [0.1, 0.15) is 0 Å². The van der Waals surface area contributed by atoms with Crippen molar-refractivity contribution in [1.82, 2.24) is 10.2 Å². The van der Waals surface area contributed by atoms with E-state index in [2.05, 4.69) is 5.32 Å². The Kier molecular flexibility index (Phi) is 7.48. The molecular weight excluding hydrogens is 368 g/mol. The molecule has 1 aliphatic rings. The van der Waals surface area contributed by atoms with Crippen LogP contribution in [0.5, 0.6) is 17.2 Å². The van der Waals surface area contributed by atoms with Gasteiger partial charge in [-0.25, -0.2) is 0 Å². The fourth-order valence-corrected chi connectivity index (χ4v) is 3.14. The summed E-state index contributed by atoms with van der Waals surface area (Å²) < 4.78 is 20.4. The summed E-state index contributed by atoms with van der Waals surface area (Å²) in [6.07, 6.45) is 1.40. The largest absolute Gasteiger partial charge is 0.493 e. The number of hydrogen-bond donors (Lipinski definition) is 1. The Hall–Kier alpha value is -2.97. The van der Waals surface area contributed by atoms with E-state index in [-0.39, 0.29) is 29.9 Å². The lowest BCUT2D eigenvalue weighted by Gasteiger charge is -2.31. The van der Waals surface area contributed by atoms with Crippen LogP contribution in [0.2, 0.25) is 0 Å². The molecule has 0 spiro atoms. The van der Waals surface area contributed by atoms with Crippen molar-refractivity contribution in [2.45, 2.75) is 12.8 Å². The summed E-state index contributed by atoms with van der Waals surface area (Å²) in [5.74, 6) is -0.290. The number of carbonyl (C=O) groups is 3. The SMILES string of the molecule is COC(=O)C1CCCN(C(=O)CNC(=O)c2cc(OC)c(OC)c(OC)c2)C1. The number of esters is 1. The van der Waals surface area contributed by atoms with Gasteiger partial charge in [0.25, 0.3) is 5.91 Å². The van der Waals surface area contributed by atoms with Crippen LogP contribution in [-0.4, -0.2) is 70.8 Å². The summed E-state index contributed by atoms with van der Waals surface area (Å²) in [4.78, 5) is 38.2. The standard InChI is InChI=1S/C19H26N2O7/c1-25-14-8-13(9-15(26-2)17(14)27-3)18(23)20-10-16(22)21-7-5-6-12(11-21)19(24)28-4/h8-9,12H,5-7,10-11H2,1-4H3,(H,20,23). The second kappa shape index (κ2) is 9.82. The van der Waals surface area contributed by atoms with Gasteiger partial charge in [0.2, 0.25) is 11.7 Å². The quantitative estimate of drug-likeness (QED) is 0.684. The average molecular weight is 394 g/mol. The second-order valence-electron chi connectivity index (χ2n) is 6.30. The zero-order valence-electron chi connectivity index (χ0n) is 16.6. The van der Waals surface area contributed by atoms with Crippen molar-refractivity contribution in [1.29, 1.82) is 0 Å². The Morgan fingerprint density at radius 1 is 1.07 bits per heavy atom. The molecule has 0 aliphatic carbocycles. The summed E-state index contributed by atoms with van der Waals surface area (Å²) in [6, 6.07) is 3.02. The number of methoxy groups -OCH3 is 4. The number of ether oxygens (including phenoxy) is 4. The molecule has 1 N–H and O–H groups in total. The van der Waals surface area contributed by atoms with Crippen molar-refractivity contribution in [2.24, 2.45) is 5.92 Å². The third kappa shape index (κ3) is 4.85. The first kappa shape index (κ1) is 21.3. The minimum Gasteiger partial charge on any atom is -0.493 e. The molecule has 2 amide bonds. The fraction of sp³-hybridized carbons (Fsp3) is 0.526. The molecule has 0 radical (unpaired) electrons. The number of carbonyl (C=O) groups excluding carboxylic acids is 3. The molecule has 1 atom stereocenters. The maximum Gasteiger partial charge on any atom is 0.310 e. The predicted molar refractivity (Wildman–Crippen MR) is 99.8 cm³/mol. The van der Waals surface area contributed by atoms with Crippen LogP contribution in [0, 0.1) is 5.92 Å². The van der Waals surface area contributed by atoms with E-state index >= 15 is 0 Å². The van der Waals surface area contributed by atoms with Crippen molar-refractivity contribution in [3.63, 3.8) is 0 Å². The summed E-state index contributed by atoms with van der Waals surface area (Å²) in [6.45, 7) is 0.668. The monoisotopic (exact) mass is 394 g/mol. The van der Waals surface area contributed by atoms with Gasteiger partial charge < -0.3 is 29.2 Å². The molecule has 1 unspecified atom stereocenters. The number of nitrogens with one attached hydrogen (secondary N) is 1. The summed E-state index contributed by atoms with van der Waals surface area (Å²) in [5.41, 5.74) is 0.272. The lowest BCUT2D eigenvalue weighted by atomic mass is 9.98. The summed E-state index contributed by atoms with van der Waals surface area (Å²) >= 11 is 0. The fourth-order valence-electron chi connectivity index (χ4n) is 3.14. The normalized spacial score (nSPS) is 16.1. The highest BCUT2D eigenvalue weighted by atomic mass is 16.5. The molecule has 9 heteroatoms. The van der Waals surface area contributed by atoms with E-state index < -0.39 is 5.91 Å². The smallest absolute Gasteiger partial charge is 0.310 e. The van der Waals surface area contributed by atoms with Crippen molar-refractivity contribution in [3.05, 3.63) is 17.7 Å². The first-order chi connectivity index (χ1) is 13.4. The van der Waals surface area contributed by atoms with Gasteiger partial charge in [-0.05, 0) is 25.0 Å². The first-order valence-corrected chi connectivity index (χ1v) is 8.88. The van der Waals surface area contributed by atoms with E-state index in [1.165, 1.54) is 40.6 Å². The summed E-state index contributed by atoms with van der Waals surface area (Å²) in [7, 11) is 5.72. The number of rotatable bonds is 7. The van der Waals surface area contributed by atoms with Gasteiger partial charge in [-0.2, -0.15) is 0 Å². The number of hydrogen-bond acceptors (Lipinski definition) is 7. The first-order valence-electron chi connectivity index (χ1n) is 8.88. The molecule has 1 aromatic carbocycles. The Labute approximate surface area is 163 Å². The van der Waals surface area contributed by atoms with Crippen molar-refractivity contribution in [2.75, 3.05) is 48.1 Å². The highest BCUT2D eigenvalue weighted by Gasteiger charge is 2.29. The van der Waals surface area contributed by atoms with E-state index in [1.54, 1.807) is 4.90 Å². The second-order valence-corrected chi connectivity index (χ2v) is 6.30. The Bertz CT molecular complexity index is 710. The van der Waals surface area contributed by atoms with E-state index in [0.717, 1.165) is 0 Å². The number of benzene rings is 1. The maximum absolute atomic E-state index is 12.5. The van der Waals surface area contributed by atoms with Gasteiger partial charge >= 0.3 is 5.97 Å². The number of likely N-dealkylation sites (tertiary alicyclic amines) is 1. The lowest BCUT2D eigenvalue weighted by Crippen LogP contribution is -2.46. The Balaban J connectivity index is 2.01. The van der Waals surface area contributed by atoms with Gasteiger partial charge in [0.05, 0.1) is 40.9 Å². The van der Waals surface area contributed by atoms with Crippen molar-refractivity contribution in [3.8, 4) is 17.2 Å². The average Bonchev–Trinajstić information content (AvgIpc) is 2.75. The highest BCUT2D eigenvalue weighted by molar-refractivity contribution is 5.97. The van der Waals surface area contributed by atoms with Gasteiger partial charge in [-0.15, -0.1) is 0 Å². The molecule has 28 heavy (non-hydrogen) atoms. The van der Waals surface area contributed by atoms with E-state index in [1.807, 2.05) is 0 Å². The highest BCUT2D eigenvalue weighted by Crippen LogP contribution is 2.38. The van der Waals surface area contributed by atoms with Gasteiger partial charge in [0.15, 0.2) is 11.5 Å². The van der Waals surface area contributed by atoms with Gasteiger partial charge in [0, 0.05) is 18.7 Å². The van der Waals surface area contributed by atoms with Crippen LogP contribution >= 0.6 is 0 Å². The third-order valence-corrected chi connectivity index (χ3v) is 4.64. The van der Waals surface area contributed by atoms with Crippen LogP contribution in [0.15, 0.2) is 12.1 Å². The van der Waals surface area contributed by atoms with Crippen LogP contribution in [0.25, 0.3) is 0 Å². The van der Waals surface area contributed by atoms with E-state index in [9.17, 15) is 14.4 Å². The van der Waals surface area contributed by atoms with Crippen LogP contribution in [0.3, 0.4) is 0 Å². The minimum atomic E-state index is -0.450. The molecule has 0 aromatic heterocycles. The molecule has 0 saturated carbocycles. The van der Waals surface area contributed by atoms with Crippen molar-refractivity contribution >= 4 is 17.8 Å². The number of amides is 2.